The summed E-state index contributed by atoms with van der Waals surface area (Å²) < 4.78 is 5.36. The molecule has 1 fully saturated rings. The lowest BCUT2D eigenvalue weighted by Gasteiger charge is -2.39. The zero-order valence-corrected chi connectivity index (χ0v) is 16.1. The Bertz CT molecular complexity index is 586. The van der Waals surface area contributed by atoms with Crippen LogP contribution < -0.4 is 0 Å². The lowest BCUT2D eigenvalue weighted by molar-refractivity contribution is -0.135. The quantitative estimate of drug-likeness (QED) is 0.768. The van der Waals surface area contributed by atoms with E-state index in [1.165, 1.54) is 0 Å². The summed E-state index contributed by atoms with van der Waals surface area (Å²) in [6.07, 6.45) is 0.319. The number of rotatable bonds is 6. The summed E-state index contributed by atoms with van der Waals surface area (Å²) in [6.45, 7) is 4.80. The van der Waals surface area contributed by atoms with E-state index in [1.807, 2.05) is 30.3 Å². The van der Waals surface area contributed by atoms with Crippen molar-refractivity contribution in [3.8, 4) is 0 Å². The van der Waals surface area contributed by atoms with Crippen LogP contribution in [0.2, 0.25) is 0 Å². The minimum Gasteiger partial charge on any atom is -0.445 e. The highest BCUT2D eigenvalue weighted by Gasteiger charge is 2.32. The van der Waals surface area contributed by atoms with Gasteiger partial charge < -0.3 is 19.6 Å². The molecule has 1 aliphatic heterocycles. The zero-order valence-electron chi connectivity index (χ0n) is 15.3. The SMILES string of the molecule is CC(O)CN(C(=O)C(C)Cl)C1CCN(C(=O)OCc2ccccc2)CC1. The number of halogens is 1. The van der Waals surface area contributed by atoms with Crippen LogP contribution in [-0.2, 0) is 16.1 Å². The van der Waals surface area contributed by atoms with E-state index in [0.29, 0.717) is 25.9 Å². The smallest absolute Gasteiger partial charge is 0.410 e. The highest BCUT2D eigenvalue weighted by atomic mass is 35.5. The van der Waals surface area contributed by atoms with E-state index in [9.17, 15) is 14.7 Å². The molecule has 0 spiro atoms. The molecule has 0 bridgehead atoms. The fraction of sp³-hybridized carbons (Fsp3) is 0.579. The molecule has 2 rings (SSSR count). The van der Waals surface area contributed by atoms with Crippen LogP contribution in [0.5, 0.6) is 0 Å². The summed E-state index contributed by atoms with van der Waals surface area (Å²) in [5.41, 5.74) is 0.945. The van der Waals surface area contributed by atoms with Gasteiger partial charge in [-0.2, -0.15) is 0 Å². The average Bonchev–Trinajstić information content (AvgIpc) is 2.64. The molecule has 1 N–H and O–H groups in total. The number of nitrogens with zero attached hydrogens (tertiary/aromatic N) is 2. The molecular weight excluding hydrogens is 356 g/mol. The minimum atomic E-state index is -0.636. The van der Waals surface area contributed by atoms with Gasteiger partial charge in [0.15, 0.2) is 0 Å². The van der Waals surface area contributed by atoms with E-state index in [1.54, 1.807) is 23.6 Å². The van der Waals surface area contributed by atoms with E-state index in [4.69, 9.17) is 16.3 Å². The molecule has 26 heavy (non-hydrogen) atoms. The standard InChI is InChI=1S/C19H27ClN2O4/c1-14(23)12-22(18(24)15(2)20)17-8-10-21(11-9-17)19(25)26-13-16-6-4-3-5-7-16/h3-7,14-15,17,23H,8-13H2,1-2H3. The van der Waals surface area contributed by atoms with Gasteiger partial charge in [-0.3, -0.25) is 4.79 Å². The number of aliphatic hydroxyl groups excluding tert-OH is 1. The molecule has 1 heterocycles. The van der Waals surface area contributed by atoms with Gasteiger partial charge >= 0.3 is 6.09 Å². The number of likely N-dealkylation sites (tertiary alicyclic amines) is 1. The number of benzene rings is 1. The second-order valence-corrected chi connectivity index (χ2v) is 7.37. The van der Waals surface area contributed by atoms with Crippen molar-refractivity contribution in [2.45, 2.75) is 50.8 Å². The Hall–Kier alpha value is -1.79. The van der Waals surface area contributed by atoms with E-state index in [-0.39, 0.29) is 31.2 Å². The third kappa shape index (κ3) is 5.88. The van der Waals surface area contributed by atoms with Crippen molar-refractivity contribution in [1.29, 1.82) is 0 Å². The number of hydrogen-bond acceptors (Lipinski definition) is 4. The van der Waals surface area contributed by atoms with Gasteiger partial charge in [0.1, 0.15) is 12.0 Å². The minimum absolute atomic E-state index is 0.0310. The number of ether oxygens (including phenoxy) is 1. The number of carbonyl (C=O) groups is 2. The molecule has 144 valence electrons. The average molecular weight is 383 g/mol. The molecule has 6 nitrogen and oxygen atoms in total. The number of carbonyl (C=O) groups excluding carboxylic acids is 2. The van der Waals surface area contributed by atoms with Gasteiger partial charge in [-0.1, -0.05) is 30.3 Å². The predicted molar refractivity (Wildman–Crippen MR) is 99.9 cm³/mol. The summed E-state index contributed by atoms with van der Waals surface area (Å²) in [5.74, 6) is -0.183. The zero-order chi connectivity index (χ0) is 19.1. The summed E-state index contributed by atoms with van der Waals surface area (Å²) >= 11 is 5.95. The fourth-order valence-electron chi connectivity index (χ4n) is 3.10. The molecule has 2 atom stereocenters. The molecule has 0 aliphatic carbocycles. The van der Waals surface area contributed by atoms with Crippen LogP contribution in [-0.4, -0.2) is 64.1 Å². The lowest BCUT2D eigenvalue weighted by atomic mass is 10.0. The topological polar surface area (TPSA) is 70.1 Å². The van der Waals surface area contributed by atoms with E-state index in [2.05, 4.69) is 0 Å². The number of amides is 2. The van der Waals surface area contributed by atoms with Gasteiger partial charge in [0.2, 0.25) is 5.91 Å². The van der Waals surface area contributed by atoms with Crippen LogP contribution in [0.15, 0.2) is 30.3 Å². The highest BCUT2D eigenvalue weighted by molar-refractivity contribution is 6.30. The van der Waals surface area contributed by atoms with E-state index in [0.717, 1.165) is 5.56 Å². The summed E-state index contributed by atoms with van der Waals surface area (Å²) in [7, 11) is 0. The third-order valence-corrected chi connectivity index (χ3v) is 4.64. The van der Waals surface area contributed by atoms with Crippen molar-refractivity contribution in [1.82, 2.24) is 9.80 Å². The van der Waals surface area contributed by atoms with Gasteiger partial charge in [-0.25, -0.2) is 4.79 Å². The summed E-state index contributed by atoms with van der Waals surface area (Å²) in [6, 6.07) is 9.51. The summed E-state index contributed by atoms with van der Waals surface area (Å²) in [4.78, 5) is 27.9. The Morgan fingerprint density at radius 2 is 1.88 bits per heavy atom. The number of hydrogen-bond donors (Lipinski definition) is 1. The number of alkyl halides is 1. The molecule has 1 aliphatic rings. The van der Waals surface area contributed by atoms with Gasteiger partial charge in [0.25, 0.3) is 0 Å². The Morgan fingerprint density at radius 3 is 2.42 bits per heavy atom. The first-order chi connectivity index (χ1) is 12.4. The van der Waals surface area contributed by atoms with Crippen molar-refractivity contribution < 1.29 is 19.4 Å². The summed E-state index contributed by atoms with van der Waals surface area (Å²) in [5, 5.41) is 9.04. The number of piperidine rings is 1. The molecule has 2 amide bonds. The molecule has 0 aromatic heterocycles. The first kappa shape index (κ1) is 20.5. The predicted octanol–water partition coefficient (Wildman–Crippen LogP) is 2.62. The van der Waals surface area contributed by atoms with Crippen molar-refractivity contribution in [3.05, 3.63) is 35.9 Å². The molecule has 1 saturated heterocycles. The number of aliphatic hydroxyl groups is 1. The maximum atomic E-state index is 12.3. The van der Waals surface area contributed by atoms with Crippen LogP contribution >= 0.6 is 11.6 Å². The van der Waals surface area contributed by atoms with Crippen molar-refractivity contribution in [3.63, 3.8) is 0 Å². The van der Waals surface area contributed by atoms with Crippen LogP contribution in [0, 0.1) is 0 Å². The van der Waals surface area contributed by atoms with Gasteiger partial charge in [0.05, 0.1) is 6.10 Å². The normalized spacial score (nSPS) is 17.5. The Labute approximate surface area is 159 Å². The maximum absolute atomic E-state index is 12.3. The monoisotopic (exact) mass is 382 g/mol. The second-order valence-electron chi connectivity index (χ2n) is 6.71. The van der Waals surface area contributed by atoms with E-state index < -0.39 is 11.5 Å². The molecule has 1 aromatic carbocycles. The van der Waals surface area contributed by atoms with Crippen LogP contribution in [0.1, 0.15) is 32.3 Å². The van der Waals surface area contributed by atoms with Gasteiger partial charge in [-0.05, 0) is 32.3 Å². The van der Waals surface area contributed by atoms with Gasteiger partial charge in [0, 0.05) is 25.7 Å². The van der Waals surface area contributed by atoms with Crippen LogP contribution in [0.25, 0.3) is 0 Å². The molecule has 1 aromatic rings. The second kappa shape index (κ2) is 9.78. The first-order valence-corrected chi connectivity index (χ1v) is 9.40. The van der Waals surface area contributed by atoms with Crippen LogP contribution in [0.4, 0.5) is 4.79 Å². The largest absolute Gasteiger partial charge is 0.445 e. The third-order valence-electron chi connectivity index (χ3n) is 4.45. The van der Waals surface area contributed by atoms with Crippen molar-refractivity contribution >= 4 is 23.6 Å². The van der Waals surface area contributed by atoms with Crippen molar-refractivity contribution in [2.75, 3.05) is 19.6 Å². The maximum Gasteiger partial charge on any atom is 0.410 e. The molecule has 7 heteroatoms. The Morgan fingerprint density at radius 1 is 1.27 bits per heavy atom. The highest BCUT2D eigenvalue weighted by Crippen LogP contribution is 2.20. The molecular formula is C19H27ClN2O4. The van der Waals surface area contributed by atoms with Crippen molar-refractivity contribution in [2.24, 2.45) is 0 Å². The van der Waals surface area contributed by atoms with Gasteiger partial charge in [-0.15, -0.1) is 11.6 Å². The molecule has 0 radical (unpaired) electrons. The van der Waals surface area contributed by atoms with E-state index >= 15 is 0 Å². The van der Waals surface area contributed by atoms with Crippen LogP contribution in [0.3, 0.4) is 0 Å². The lowest BCUT2D eigenvalue weighted by Crippen LogP contribution is -2.52. The molecule has 0 saturated carbocycles. The Kier molecular flexibility index (Phi) is 7.72. The first-order valence-electron chi connectivity index (χ1n) is 8.96. The Balaban J connectivity index is 1.86. The molecule has 2 unspecified atom stereocenters. The fourth-order valence-corrected chi connectivity index (χ4v) is 3.23.